The van der Waals surface area contributed by atoms with E-state index in [2.05, 4.69) is 40.4 Å². The molecule has 0 spiro atoms. The van der Waals surface area contributed by atoms with Gasteiger partial charge in [0.15, 0.2) is 5.11 Å². The number of hydrogen-bond donors (Lipinski definition) is 2. The van der Waals surface area contributed by atoms with E-state index in [1.807, 2.05) is 26.0 Å². The lowest BCUT2D eigenvalue weighted by Gasteiger charge is -2.22. The zero-order valence-electron chi connectivity index (χ0n) is 14.7. The summed E-state index contributed by atoms with van der Waals surface area (Å²) in [5, 5.41) is 5.71. The van der Waals surface area contributed by atoms with Gasteiger partial charge in [-0.1, -0.05) is 13.0 Å². The maximum absolute atomic E-state index is 11.4. The molecule has 7 heteroatoms. The minimum atomic E-state index is -0.572. The lowest BCUT2D eigenvalue weighted by atomic mass is 9.97. The first-order valence-electron chi connectivity index (χ1n) is 7.92. The first-order chi connectivity index (χ1) is 11.3. The minimum absolute atomic E-state index is 0.192. The summed E-state index contributed by atoms with van der Waals surface area (Å²) in [6, 6.07) is 0.241. The number of nitrogens with zero attached hydrogens (tertiary/aromatic N) is 1. The summed E-state index contributed by atoms with van der Waals surface area (Å²) in [4.78, 5) is 16.2. The topological polar surface area (TPSA) is 62.7 Å². The third-order valence-electron chi connectivity index (χ3n) is 3.50. The number of amides is 1. The summed E-state index contributed by atoms with van der Waals surface area (Å²) in [5.41, 5.74) is 3.70. The van der Waals surface area contributed by atoms with Crippen molar-refractivity contribution >= 4 is 45.1 Å². The van der Waals surface area contributed by atoms with Crippen LogP contribution in [0.15, 0.2) is 38.5 Å². The van der Waals surface area contributed by atoms with Crippen molar-refractivity contribution in [2.75, 3.05) is 6.61 Å². The molecule has 0 heterocycles. The number of halogens is 1. The highest BCUT2D eigenvalue weighted by atomic mass is 79.9. The van der Waals surface area contributed by atoms with Crippen LogP contribution in [0.4, 0.5) is 4.79 Å². The fraction of sp³-hybridized carbons (Fsp3) is 0.471. The fourth-order valence-corrected chi connectivity index (χ4v) is 2.70. The number of allylic oxidation sites excluding steroid dienone is 5. The maximum Gasteiger partial charge on any atom is 0.413 e. The number of thiocarbonyl (C=S) groups is 1. The second kappa shape index (κ2) is 9.74. The van der Waals surface area contributed by atoms with Gasteiger partial charge in [0.1, 0.15) is 0 Å². The summed E-state index contributed by atoms with van der Waals surface area (Å²) in [7, 11) is 0. The van der Waals surface area contributed by atoms with Crippen molar-refractivity contribution in [3.8, 4) is 0 Å². The molecule has 1 atom stereocenters. The molecule has 24 heavy (non-hydrogen) atoms. The molecule has 0 aromatic heterocycles. The SMILES string of the molecule is C/C=C1/C=C(NC(=S)NC(=O)OCC)C(C)=C(Br)C1=NC(C)CC. The lowest BCUT2D eigenvalue weighted by Crippen LogP contribution is -2.40. The predicted molar refractivity (Wildman–Crippen MR) is 107 cm³/mol. The average molecular weight is 414 g/mol. The number of aliphatic imine (C=N–C) groups is 1. The van der Waals surface area contributed by atoms with E-state index in [0.717, 1.165) is 33.5 Å². The van der Waals surface area contributed by atoms with E-state index in [9.17, 15) is 4.79 Å². The molecular weight excluding hydrogens is 390 g/mol. The van der Waals surface area contributed by atoms with Crippen molar-refractivity contribution in [2.24, 2.45) is 4.99 Å². The van der Waals surface area contributed by atoms with E-state index in [1.54, 1.807) is 6.92 Å². The van der Waals surface area contributed by atoms with Gasteiger partial charge in [0, 0.05) is 16.2 Å². The van der Waals surface area contributed by atoms with E-state index in [4.69, 9.17) is 21.9 Å². The molecule has 1 unspecified atom stereocenters. The zero-order chi connectivity index (χ0) is 18.3. The van der Waals surface area contributed by atoms with Crippen molar-refractivity contribution in [1.82, 2.24) is 10.6 Å². The molecule has 132 valence electrons. The Morgan fingerprint density at radius 3 is 2.71 bits per heavy atom. The molecule has 0 aromatic rings. The van der Waals surface area contributed by atoms with Crippen LogP contribution in [0.1, 0.15) is 41.0 Å². The van der Waals surface area contributed by atoms with Crippen molar-refractivity contribution in [2.45, 2.75) is 47.1 Å². The van der Waals surface area contributed by atoms with Crippen LogP contribution in [0.3, 0.4) is 0 Å². The molecule has 0 saturated heterocycles. The van der Waals surface area contributed by atoms with Gasteiger partial charge in [-0.25, -0.2) is 4.79 Å². The molecule has 0 saturated carbocycles. The minimum Gasteiger partial charge on any atom is -0.450 e. The average Bonchev–Trinajstić information content (AvgIpc) is 2.54. The Balaban J connectivity index is 3.01. The zero-order valence-corrected chi connectivity index (χ0v) is 17.1. The van der Waals surface area contributed by atoms with E-state index >= 15 is 0 Å². The Kier molecular flexibility index (Phi) is 8.35. The first kappa shape index (κ1) is 20.6. The smallest absolute Gasteiger partial charge is 0.413 e. The van der Waals surface area contributed by atoms with Gasteiger partial charge < -0.3 is 10.1 Å². The van der Waals surface area contributed by atoms with Gasteiger partial charge in [0.05, 0.1) is 12.3 Å². The number of rotatable bonds is 4. The molecule has 0 radical (unpaired) electrons. The molecule has 0 aromatic carbocycles. The predicted octanol–water partition coefficient (Wildman–Crippen LogP) is 4.36. The molecule has 2 N–H and O–H groups in total. The van der Waals surface area contributed by atoms with E-state index in [-0.39, 0.29) is 11.2 Å². The molecule has 5 nitrogen and oxygen atoms in total. The molecule has 0 fully saturated rings. The highest BCUT2D eigenvalue weighted by Gasteiger charge is 2.21. The number of carbonyl (C=O) groups excluding carboxylic acids is 1. The first-order valence-corrected chi connectivity index (χ1v) is 9.12. The van der Waals surface area contributed by atoms with Crippen LogP contribution in [0, 0.1) is 0 Å². The molecule has 1 amide bonds. The number of alkyl carbamates (subject to hydrolysis) is 1. The standard InChI is InChI=1S/C17H24BrN3O2S/c1-6-10(4)19-15-12(7-2)9-13(11(5)14(15)18)20-16(24)21-17(22)23-8-3/h7,9-10H,6,8H2,1-5H3,(H2,20,21,22,24)/b12-7-,19-15?. The molecule has 0 aliphatic heterocycles. The van der Waals surface area contributed by atoms with Crippen LogP contribution < -0.4 is 10.6 Å². The van der Waals surface area contributed by atoms with E-state index in [0.29, 0.717) is 6.61 Å². The summed E-state index contributed by atoms with van der Waals surface area (Å²) in [6.07, 6.45) is 4.37. The monoisotopic (exact) mass is 413 g/mol. The van der Waals surface area contributed by atoms with Gasteiger partial charge in [-0.15, -0.1) is 0 Å². The van der Waals surface area contributed by atoms with Crippen molar-refractivity contribution in [3.05, 3.63) is 33.5 Å². The van der Waals surface area contributed by atoms with Crippen LogP contribution >= 0.6 is 28.1 Å². The number of nitrogens with one attached hydrogen (secondary N) is 2. The Hall–Kier alpha value is -1.47. The molecule has 0 bridgehead atoms. The Morgan fingerprint density at radius 2 is 2.17 bits per heavy atom. The van der Waals surface area contributed by atoms with Gasteiger partial charge >= 0.3 is 6.09 Å². The van der Waals surface area contributed by atoms with Crippen LogP contribution in [0.5, 0.6) is 0 Å². The summed E-state index contributed by atoms with van der Waals surface area (Å²) in [5.74, 6) is 0. The Morgan fingerprint density at radius 1 is 1.50 bits per heavy atom. The normalized spacial score (nSPS) is 19.2. The van der Waals surface area contributed by atoms with Gasteiger partial charge in [0.25, 0.3) is 0 Å². The van der Waals surface area contributed by atoms with Crippen molar-refractivity contribution in [3.63, 3.8) is 0 Å². The molecule has 1 aliphatic rings. The molecule has 1 aliphatic carbocycles. The van der Waals surface area contributed by atoms with Crippen molar-refractivity contribution in [1.29, 1.82) is 0 Å². The lowest BCUT2D eigenvalue weighted by molar-refractivity contribution is 0.158. The Labute approximate surface area is 157 Å². The van der Waals surface area contributed by atoms with Gasteiger partial charge in [-0.2, -0.15) is 0 Å². The molecular formula is C17H24BrN3O2S. The second-order valence-corrected chi connectivity index (χ2v) is 6.48. The van der Waals surface area contributed by atoms with Gasteiger partial charge in [-0.05, 0) is 79.5 Å². The maximum atomic E-state index is 11.4. The number of carbonyl (C=O) groups is 1. The molecule has 1 rings (SSSR count). The third kappa shape index (κ3) is 5.56. The highest BCUT2D eigenvalue weighted by Crippen LogP contribution is 2.30. The van der Waals surface area contributed by atoms with Crippen LogP contribution in [0.2, 0.25) is 0 Å². The summed E-state index contributed by atoms with van der Waals surface area (Å²) < 4.78 is 5.73. The largest absolute Gasteiger partial charge is 0.450 e. The van der Waals surface area contributed by atoms with Gasteiger partial charge in [0.2, 0.25) is 0 Å². The summed E-state index contributed by atoms with van der Waals surface area (Å²) >= 11 is 8.80. The third-order valence-corrected chi connectivity index (χ3v) is 4.68. The van der Waals surface area contributed by atoms with Crippen LogP contribution in [-0.4, -0.2) is 29.6 Å². The Bertz CT molecular complexity index is 636. The van der Waals surface area contributed by atoms with Crippen LogP contribution in [0.25, 0.3) is 0 Å². The van der Waals surface area contributed by atoms with E-state index in [1.165, 1.54) is 0 Å². The van der Waals surface area contributed by atoms with Crippen molar-refractivity contribution < 1.29 is 9.53 Å². The van der Waals surface area contributed by atoms with Crippen LogP contribution in [-0.2, 0) is 4.74 Å². The summed E-state index contributed by atoms with van der Waals surface area (Å²) in [6.45, 7) is 10.2. The number of hydrogen-bond acceptors (Lipinski definition) is 4. The second-order valence-electron chi connectivity index (χ2n) is 5.28. The fourth-order valence-electron chi connectivity index (χ4n) is 1.96. The van der Waals surface area contributed by atoms with Gasteiger partial charge in [-0.3, -0.25) is 10.3 Å². The highest BCUT2D eigenvalue weighted by molar-refractivity contribution is 9.12. The number of ether oxygens (including phenoxy) is 1. The quantitative estimate of drug-likeness (QED) is 0.671. The van der Waals surface area contributed by atoms with E-state index < -0.39 is 6.09 Å².